The molecule has 2 heterocycles. The van der Waals surface area contributed by atoms with Gasteiger partial charge in [0.05, 0.1) is 17.0 Å². The van der Waals surface area contributed by atoms with Crippen LogP contribution < -0.4 is 10.5 Å². The van der Waals surface area contributed by atoms with Gasteiger partial charge in [0.25, 0.3) is 5.56 Å². The lowest BCUT2D eigenvalue weighted by Crippen LogP contribution is -2.32. The van der Waals surface area contributed by atoms with Crippen LogP contribution in [-0.2, 0) is 4.79 Å². The SMILES string of the molecule is CCN(C(=O)CSc1nc2ccsc2c(=O)n1-c1ccccc1C)c1ccccc1. The van der Waals surface area contributed by atoms with Gasteiger partial charge in [0, 0.05) is 12.2 Å². The number of thioether (sulfide) groups is 1. The van der Waals surface area contributed by atoms with Gasteiger partial charge in [0.1, 0.15) is 4.70 Å². The van der Waals surface area contributed by atoms with Gasteiger partial charge in [-0.3, -0.25) is 14.2 Å². The van der Waals surface area contributed by atoms with Crippen LogP contribution in [0, 0.1) is 6.92 Å². The van der Waals surface area contributed by atoms with Crippen molar-refractivity contribution in [3.8, 4) is 5.69 Å². The number of fused-ring (bicyclic) bond motifs is 1. The first kappa shape index (κ1) is 20.4. The summed E-state index contributed by atoms with van der Waals surface area (Å²) in [6, 6.07) is 19.2. The average molecular weight is 436 g/mol. The third-order valence-electron chi connectivity index (χ3n) is 4.82. The maximum Gasteiger partial charge on any atom is 0.276 e. The quantitative estimate of drug-likeness (QED) is 0.319. The monoisotopic (exact) mass is 435 g/mol. The Morgan fingerprint density at radius 2 is 1.83 bits per heavy atom. The van der Waals surface area contributed by atoms with Gasteiger partial charge in [-0.15, -0.1) is 11.3 Å². The third kappa shape index (κ3) is 3.91. The fraction of sp³-hybridized carbons (Fsp3) is 0.174. The predicted molar refractivity (Wildman–Crippen MR) is 125 cm³/mol. The minimum Gasteiger partial charge on any atom is -0.312 e. The van der Waals surface area contributed by atoms with Crippen LogP contribution in [0.4, 0.5) is 5.69 Å². The van der Waals surface area contributed by atoms with Crippen molar-refractivity contribution in [2.24, 2.45) is 0 Å². The molecule has 5 nitrogen and oxygen atoms in total. The van der Waals surface area contributed by atoms with Gasteiger partial charge < -0.3 is 4.90 Å². The molecule has 2 aromatic carbocycles. The highest BCUT2D eigenvalue weighted by molar-refractivity contribution is 7.99. The number of carbonyl (C=O) groups excluding carboxylic acids is 1. The molecule has 0 radical (unpaired) electrons. The Bertz CT molecular complexity index is 1250. The fourth-order valence-electron chi connectivity index (χ4n) is 3.33. The van der Waals surface area contributed by atoms with E-state index in [1.54, 1.807) is 9.47 Å². The molecule has 0 fully saturated rings. The van der Waals surface area contributed by atoms with Crippen molar-refractivity contribution in [3.05, 3.63) is 82.0 Å². The van der Waals surface area contributed by atoms with Crippen LogP contribution in [0.2, 0.25) is 0 Å². The number of rotatable bonds is 6. The predicted octanol–water partition coefficient (Wildman–Crippen LogP) is 4.90. The summed E-state index contributed by atoms with van der Waals surface area (Å²) in [5.41, 5.74) is 3.19. The summed E-state index contributed by atoms with van der Waals surface area (Å²) in [7, 11) is 0. The number of carbonyl (C=O) groups is 1. The van der Waals surface area contributed by atoms with E-state index in [0.717, 1.165) is 16.9 Å². The van der Waals surface area contributed by atoms with E-state index in [1.165, 1.54) is 23.1 Å². The molecule has 0 saturated carbocycles. The van der Waals surface area contributed by atoms with Gasteiger partial charge in [-0.05, 0) is 49.1 Å². The molecular formula is C23H21N3O2S2. The molecule has 0 N–H and O–H groups in total. The number of benzene rings is 2. The number of thiophene rings is 1. The van der Waals surface area contributed by atoms with Crippen LogP contribution in [0.1, 0.15) is 12.5 Å². The molecule has 0 atom stereocenters. The first-order chi connectivity index (χ1) is 14.6. The van der Waals surface area contributed by atoms with E-state index in [-0.39, 0.29) is 17.2 Å². The highest BCUT2D eigenvalue weighted by atomic mass is 32.2. The zero-order chi connectivity index (χ0) is 21.1. The molecule has 0 aliphatic heterocycles. The zero-order valence-corrected chi connectivity index (χ0v) is 18.4. The summed E-state index contributed by atoms with van der Waals surface area (Å²) < 4.78 is 2.25. The van der Waals surface area contributed by atoms with Gasteiger partial charge in [-0.1, -0.05) is 48.2 Å². The largest absolute Gasteiger partial charge is 0.312 e. The Kier molecular flexibility index (Phi) is 6.01. The zero-order valence-electron chi connectivity index (χ0n) is 16.7. The van der Waals surface area contributed by atoms with Crippen molar-refractivity contribution in [1.29, 1.82) is 0 Å². The summed E-state index contributed by atoms with van der Waals surface area (Å²) in [5.74, 6) is 0.168. The van der Waals surface area contributed by atoms with E-state index in [0.29, 0.717) is 21.9 Å². The molecule has 7 heteroatoms. The topological polar surface area (TPSA) is 55.2 Å². The van der Waals surface area contributed by atoms with E-state index in [1.807, 2.05) is 79.9 Å². The summed E-state index contributed by atoms with van der Waals surface area (Å²) in [5, 5.41) is 2.40. The first-order valence-electron chi connectivity index (χ1n) is 9.64. The van der Waals surface area contributed by atoms with E-state index >= 15 is 0 Å². The smallest absolute Gasteiger partial charge is 0.276 e. The highest BCUT2D eigenvalue weighted by Crippen LogP contribution is 2.26. The molecule has 4 aromatic rings. The van der Waals surface area contributed by atoms with Gasteiger partial charge in [0.15, 0.2) is 5.16 Å². The van der Waals surface area contributed by atoms with Gasteiger partial charge >= 0.3 is 0 Å². The van der Waals surface area contributed by atoms with Gasteiger partial charge in [0.2, 0.25) is 5.91 Å². The lowest BCUT2D eigenvalue weighted by molar-refractivity contribution is -0.116. The molecule has 0 aliphatic carbocycles. The van der Waals surface area contributed by atoms with Crippen LogP contribution >= 0.6 is 23.1 Å². The Morgan fingerprint density at radius 3 is 2.57 bits per heavy atom. The molecule has 4 rings (SSSR count). The lowest BCUT2D eigenvalue weighted by Gasteiger charge is -2.21. The van der Waals surface area contributed by atoms with Crippen molar-refractivity contribution in [2.75, 3.05) is 17.2 Å². The van der Waals surface area contributed by atoms with Crippen LogP contribution in [0.15, 0.2) is 76.0 Å². The van der Waals surface area contributed by atoms with Crippen LogP contribution in [-0.4, -0.2) is 27.8 Å². The Morgan fingerprint density at radius 1 is 1.10 bits per heavy atom. The highest BCUT2D eigenvalue weighted by Gasteiger charge is 2.19. The lowest BCUT2D eigenvalue weighted by atomic mass is 10.2. The van der Waals surface area contributed by atoms with Crippen molar-refractivity contribution in [2.45, 2.75) is 19.0 Å². The number of anilines is 1. The maximum absolute atomic E-state index is 13.2. The number of nitrogens with zero attached hydrogens (tertiary/aromatic N) is 3. The number of aromatic nitrogens is 2. The van der Waals surface area contributed by atoms with E-state index < -0.39 is 0 Å². The standard InChI is InChI=1S/C23H21N3O2S2/c1-3-25(17-10-5-4-6-11-17)20(27)15-30-23-24-18-13-14-29-21(18)22(28)26(23)19-12-8-7-9-16(19)2/h4-14H,3,15H2,1-2H3. The summed E-state index contributed by atoms with van der Waals surface area (Å²) in [6.45, 7) is 4.49. The van der Waals surface area contributed by atoms with Crippen LogP contribution in [0.25, 0.3) is 15.9 Å². The number of hydrogen-bond donors (Lipinski definition) is 0. The summed E-state index contributed by atoms with van der Waals surface area (Å²) >= 11 is 2.68. The number of amides is 1. The van der Waals surface area contributed by atoms with Crippen molar-refractivity contribution >= 4 is 44.9 Å². The van der Waals surface area contributed by atoms with Gasteiger partial charge in [-0.25, -0.2) is 4.98 Å². The molecule has 0 bridgehead atoms. The summed E-state index contributed by atoms with van der Waals surface area (Å²) in [4.78, 5) is 32.6. The molecule has 152 valence electrons. The van der Waals surface area contributed by atoms with Crippen molar-refractivity contribution < 1.29 is 4.79 Å². The Balaban J connectivity index is 1.70. The normalized spacial score (nSPS) is 11.0. The molecular weight excluding hydrogens is 414 g/mol. The second-order valence-electron chi connectivity index (χ2n) is 6.72. The average Bonchev–Trinajstić information content (AvgIpc) is 3.23. The van der Waals surface area contributed by atoms with Crippen molar-refractivity contribution in [3.63, 3.8) is 0 Å². The first-order valence-corrected chi connectivity index (χ1v) is 11.5. The van der Waals surface area contributed by atoms with Crippen LogP contribution in [0.5, 0.6) is 0 Å². The Labute approximate surface area is 183 Å². The second-order valence-corrected chi connectivity index (χ2v) is 8.58. The summed E-state index contributed by atoms with van der Waals surface area (Å²) in [6.07, 6.45) is 0. The van der Waals surface area contributed by atoms with Crippen LogP contribution in [0.3, 0.4) is 0 Å². The van der Waals surface area contributed by atoms with Crippen molar-refractivity contribution in [1.82, 2.24) is 9.55 Å². The Hall–Kier alpha value is -2.90. The molecule has 1 amide bonds. The molecule has 0 spiro atoms. The number of aryl methyl sites for hydroxylation is 1. The molecule has 30 heavy (non-hydrogen) atoms. The third-order valence-corrected chi connectivity index (χ3v) is 6.63. The molecule has 0 aliphatic rings. The molecule has 2 aromatic heterocycles. The van der Waals surface area contributed by atoms with E-state index in [9.17, 15) is 9.59 Å². The number of hydrogen-bond acceptors (Lipinski definition) is 5. The molecule has 0 unspecified atom stereocenters. The number of para-hydroxylation sites is 2. The minimum atomic E-state index is -0.102. The molecule has 0 saturated heterocycles. The fourth-order valence-corrected chi connectivity index (χ4v) is 4.97. The van der Waals surface area contributed by atoms with Gasteiger partial charge in [-0.2, -0.15) is 0 Å². The minimum absolute atomic E-state index is 0.0234. The van der Waals surface area contributed by atoms with E-state index in [2.05, 4.69) is 0 Å². The second kappa shape index (κ2) is 8.85. The van der Waals surface area contributed by atoms with E-state index in [4.69, 9.17) is 4.98 Å². The maximum atomic E-state index is 13.2.